The molecule has 0 saturated carbocycles. The Kier molecular flexibility index (Phi) is 13.8. The summed E-state index contributed by atoms with van der Waals surface area (Å²) >= 11 is 0. The van der Waals surface area contributed by atoms with Crippen molar-refractivity contribution in [2.45, 2.75) is 72.5 Å². The Labute approximate surface area is 130 Å². The maximum Gasteiger partial charge on any atom is 0.0826 e. The molecule has 0 unspecified atom stereocenters. The van der Waals surface area contributed by atoms with E-state index in [2.05, 4.69) is 56.2 Å². The maximum atomic E-state index is 2.76. The molecule has 0 fully saturated rings. The summed E-state index contributed by atoms with van der Waals surface area (Å²) in [6.45, 7) is 16.5. The number of rotatable bonds is 13. The highest BCUT2D eigenvalue weighted by Crippen LogP contribution is 2.10. The molecule has 0 atom stereocenters. The van der Waals surface area contributed by atoms with Crippen molar-refractivity contribution in [1.82, 2.24) is 9.80 Å². The molecule has 0 heterocycles. The number of nitrogens with zero attached hydrogens (tertiary/aromatic N) is 2. The molecule has 0 N–H and O–H groups in total. The first-order valence-electron chi connectivity index (χ1n) is 8.87. The molecule has 0 bridgehead atoms. The van der Waals surface area contributed by atoms with Gasteiger partial charge in [-0.25, -0.2) is 0 Å². The lowest BCUT2D eigenvalue weighted by atomic mass is 10.3. The highest BCUT2D eigenvalue weighted by Gasteiger charge is 2.22. The van der Waals surface area contributed by atoms with Crippen molar-refractivity contribution >= 4 is 9.52 Å². The monoisotopic (exact) mass is 298 g/mol. The average molecular weight is 299 g/mol. The fourth-order valence-corrected chi connectivity index (χ4v) is 4.98. The summed E-state index contributed by atoms with van der Waals surface area (Å²) in [4.78, 5) is 5.52. The molecular formula is C17H38N2Si. The van der Waals surface area contributed by atoms with Gasteiger partial charge in [-0.15, -0.1) is 5.70 Å². The molecule has 3 heteroatoms. The minimum atomic E-state index is -0.191. The second-order valence-electron chi connectivity index (χ2n) is 5.67. The van der Waals surface area contributed by atoms with Gasteiger partial charge in [-0.2, -0.15) is 0 Å². The molecule has 0 aromatic carbocycles. The van der Waals surface area contributed by atoms with Crippen LogP contribution in [0.2, 0.25) is 0 Å². The van der Waals surface area contributed by atoms with Crippen LogP contribution in [0.4, 0.5) is 0 Å². The van der Waals surface area contributed by atoms with Crippen LogP contribution in [0.5, 0.6) is 0 Å². The smallest absolute Gasteiger partial charge is 0.0826 e. The van der Waals surface area contributed by atoms with Crippen LogP contribution in [0.25, 0.3) is 0 Å². The van der Waals surface area contributed by atoms with E-state index in [1.54, 1.807) is 0 Å². The Morgan fingerprint density at radius 2 is 1.15 bits per heavy atom. The van der Waals surface area contributed by atoms with E-state index in [0.717, 1.165) is 5.79 Å². The van der Waals surface area contributed by atoms with Gasteiger partial charge in [0.15, 0.2) is 0 Å². The van der Waals surface area contributed by atoms with E-state index < -0.39 is 0 Å². The highest BCUT2D eigenvalue weighted by molar-refractivity contribution is 6.43. The highest BCUT2D eigenvalue weighted by atomic mass is 28.2. The van der Waals surface area contributed by atoms with Gasteiger partial charge in [0.1, 0.15) is 0 Å². The van der Waals surface area contributed by atoms with Crippen LogP contribution in [0, 0.1) is 0 Å². The molecule has 20 heavy (non-hydrogen) atoms. The van der Waals surface area contributed by atoms with E-state index in [1.807, 2.05) is 0 Å². The predicted molar refractivity (Wildman–Crippen MR) is 96.1 cm³/mol. The summed E-state index contributed by atoms with van der Waals surface area (Å²) in [5.41, 5.74) is 2.53. The topological polar surface area (TPSA) is 6.48 Å². The summed E-state index contributed by atoms with van der Waals surface area (Å²) in [6, 6.07) is 0. The third kappa shape index (κ3) is 8.23. The third-order valence-corrected chi connectivity index (χ3v) is 5.70. The normalized spacial score (nSPS) is 13.0. The van der Waals surface area contributed by atoms with Crippen molar-refractivity contribution in [2.75, 3.05) is 26.2 Å². The summed E-state index contributed by atoms with van der Waals surface area (Å²) < 4.78 is 0. The lowest BCUT2D eigenvalue weighted by molar-refractivity contribution is 0.0961. The van der Waals surface area contributed by atoms with Gasteiger partial charge in [0.05, 0.1) is 9.52 Å². The summed E-state index contributed by atoms with van der Waals surface area (Å²) in [6.07, 6.45) is 8.65. The van der Waals surface area contributed by atoms with Crippen molar-refractivity contribution in [3.05, 3.63) is 11.8 Å². The van der Waals surface area contributed by atoms with E-state index in [0.29, 0.717) is 0 Å². The van der Waals surface area contributed by atoms with E-state index in [9.17, 15) is 0 Å². The molecule has 0 rings (SSSR count). The third-order valence-electron chi connectivity index (χ3n) is 3.64. The van der Waals surface area contributed by atoms with E-state index in [4.69, 9.17) is 0 Å². The van der Waals surface area contributed by atoms with Gasteiger partial charge in [-0.3, -0.25) is 9.80 Å². The molecule has 0 saturated heterocycles. The zero-order chi connectivity index (χ0) is 15.2. The first kappa shape index (κ1) is 19.9. The molecule has 0 aromatic heterocycles. The van der Waals surface area contributed by atoms with Crippen LogP contribution >= 0.6 is 0 Å². The molecule has 2 nitrogen and oxygen atoms in total. The fraction of sp³-hybridized carbons (Fsp3) is 0.882. The molecule has 0 amide bonds. The van der Waals surface area contributed by atoms with Gasteiger partial charge in [0, 0.05) is 5.79 Å². The first-order valence-corrected chi connectivity index (χ1v) is 10.5. The molecule has 0 aliphatic carbocycles. The van der Waals surface area contributed by atoms with Crippen LogP contribution < -0.4 is 0 Å². The Hall–Kier alpha value is -0.123. The zero-order valence-corrected chi connectivity index (χ0v) is 16.1. The molecule has 0 radical (unpaired) electrons. The molecule has 0 aliphatic heterocycles. The standard InChI is InChI=1S/C17H38N2Si/c1-6-11-16-20-17(18(12-7-2)13-8-3)19(14-9-4)15-10-5/h11,16-17H,6-10,12-15,20H2,1-5H3. The van der Waals surface area contributed by atoms with Crippen molar-refractivity contribution < 1.29 is 0 Å². The Morgan fingerprint density at radius 1 is 0.750 bits per heavy atom. The van der Waals surface area contributed by atoms with E-state index >= 15 is 0 Å². The minimum Gasteiger partial charge on any atom is -0.291 e. The Bertz CT molecular complexity index is 203. The molecule has 0 aliphatic rings. The molecule has 0 spiro atoms. The van der Waals surface area contributed by atoms with Crippen LogP contribution in [0.1, 0.15) is 66.7 Å². The van der Waals surface area contributed by atoms with Gasteiger partial charge < -0.3 is 0 Å². The van der Waals surface area contributed by atoms with Crippen molar-refractivity contribution in [3.63, 3.8) is 0 Å². The van der Waals surface area contributed by atoms with Gasteiger partial charge >= 0.3 is 0 Å². The second kappa shape index (κ2) is 13.8. The fourth-order valence-electron chi connectivity index (χ4n) is 2.88. The van der Waals surface area contributed by atoms with Crippen LogP contribution in [-0.4, -0.2) is 51.3 Å². The molecule has 120 valence electrons. The number of allylic oxidation sites excluding steroid dienone is 1. The summed E-state index contributed by atoms with van der Waals surface area (Å²) in [7, 11) is -0.191. The van der Waals surface area contributed by atoms with Crippen molar-refractivity contribution in [1.29, 1.82) is 0 Å². The lowest BCUT2D eigenvalue weighted by Crippen LogP contribution is -2.52. The molecular weight excluding hydrogens is 260 g/mol. The lowest BCUT2D eigenvalue weighted by Gasteiger charge is -2.39. The Balaban J connectivity index is 4.90. The summed E-state index contributed by atoms with van der Waals surface area (Å²) in [5.74, 6) is 0.734. The average Bonchev–Trinajstić information content (AvgIpc) is 2.44. The van der Waals surface area contributed by atoms with Gasteiger partial charge in [0.2, 0.25) is 0 Å². The van der Waals surface area contributed by atoms with Crippen LogP contribution in [0.15, 0.2) is 11.8 Å². The second-order valence-corrected chi connectivity index (χ2v) is 7.34. The minimum absolute atomic E-state index is 0.191. The SMILES string of the molecule is CCC=C[SiH2]C(N(CCC)CCC)N(CCC)CCC. The summed E-state index contributed by atoms with van der Waals surface area (Å²) in [5, 5.41) is 0. The number of hydrogen-bond donors (Lipinski definition) is 0. The van der Waals surface area contributed by atoms with Gasteiger partial charge in [-0.1, -0.05) is 40.7 Å². The first-order chi connectivity index (χ1) is 9.74. The van der Waals surface area contributed by atoms with E-state index in [1.165, 1.54) is 58.3 Å². The Morgan fingerprint density at radius 3 is 1.45 bits per heavy atom. The van der Waals surface area contributed by atoms with Crippen molar-refractivity contribution in [2.24, 2.45) is 0 Å². The van der Waals surface area contributed by atoms with Crippen LogP contribution in [-0.2, 0) is 0 Å². The van der Waals surface area contributed by atoms with Crippen molar-refractivity contribution in [3.8, 4) is 0 Å². The zero-order valence-electron chi connectivity index (χ0n) is 14.7. The van der Waals surface area contributed by atoms with Gasteiger partial charge in [0.25, 0.3) is 0 Å². The van der Waals surface area contributed by atoms with Gasteiger partial charge in [-0.05, 0) is 58.3 Å². The predicted octanol–water partition coefficient (Wildman–Crippen LogP) is 3.61. The largest absolute Gasteiger partial charge is 0.291 e. The van der Waals surface area contributed by atoms with E-state index in [-0.39, 0.29) is 9.52 Å². The van der Waals surface area contributed by atoms with Crippen LogP contribution in [0.3, 0.4) is 0 Å². The quantitative estimate of drug-likeness (QED) is 0.379. The molecule has 0 aromatic rings. The maximum absolute atomic E-state index is 2.76. The number of hydrogen-bond acceptors (Lipinski definition) is 2.